The highest BCUT2D eigenvalue weighted by atomic mass is 16.5. The minimum atomic E-state index is -0.576. The lowest BCUT2D eigenvalue weighted by atomic mass is 10.1. The fourth-order valence-corrected chi connectivity index (χ4v) is 2.52. The molecule has 0 saturated heterocycles. The lowest BCUT2D eigenvalue weighted by Gasteiger charge is -2.18. The lowest BCUT2D eigenvalue weighted by molar-refractivity contribution is 0.0783. The van der Waals surface area contributed by atoms with Gasteiger partial charge in [-0.3, -0.25) is 9.48 Å². The number of hydrogen-bond acceptors (Lipinski definition) is 5. The molecule has 2 aromatic heterocycles. The van der Waals surface area contributed by atoms with Crippen molar-refractivity contribution in [3.63, 3.8) is 0 Å². The van der Waals surface area contributed by atoms with Gasteiger partial charge >= 0.3 is 5.63 Å². The highest BCUT2D eigenvalue weighted by molar-refractivity contribution is 6.05. The van der Waals surface area contributed by atoms with Crippen LogP contribution in [-0.4, -0.2) is 34.7 Å². The molecule has 0 radical (unpaired) electrons. The van der Waals surface area contributed by atoms with Crippen molar-refractivity contribution in [2.24, 2.45) is 7.05 Å². The number of carbonyl (C=O) groups is 1. The van der Waals surface area contributed by atoms with Gasteiger partial charge in [0.05, 0.1) is 24.9 Å². The van der Waals surface area contributed by atoms with E-state index in [1.54, 1.807) is 36.1 Å². The van der Waals surface area contributed by atoms with Crippen molar-refractivity contribution in [2.45, 2.75) is 6.54 Å². The van der Waals surface area contributed by atoms with Gasteiger partial charge in [-0.15, -0.1) is 0 Å². The monoisotopic (exact) mass is 327 g/mol. The summed E-state index contributed by atoms with van der Waals surface area (Å²) in [6.45, 7) is 0.382. The number of nitrogens with zero attached hydrogens (tertiary/aromatic N) is 3. The summed E-state index contributed by atoms with van der Waals surface area (Å²) in [6.07, 6.45) is 1.67. The second-order valence-electron chi connectivity index (χ2n) is 5.45. The van der Waals surface area contributed by atoms with E-state index in [0.717, 1.165) is 5.69 Å². The zero-order valence-electron chi connectivity index (χ0n) is 13.6. The van der Waals surface area contributed by atoms with Gasteiger partial charge in [0.1, 0.15) is 11.3 Å². The molecule has 0 atom stereocenters. The molecule has 24 heavy (non-hydrogen) atoms. The number of methoxy groups -OCH3 is 1. The van der Waals surface area contributed by atoms with Gasteiger partial charge in [0, 0.05) is 37.8 Å². The fourth-order valence-electron chi connectivity index (χ4n) is 2.52. The molecule has 2 heterocycles. The topological polar surface area (TPSA) is 77.6 Å². The third-order valence-corrected chi connectivity index (χ3v) is 3.85. The van der Waals surface area contributed by atoms with Crippen LogP contribution >= 0.6 is 0 Å². The molecule has 1 amide bonds. The van der Waals surface area contributed by atoms with Crippen LogP contribution in [0.25, 0.3) is 11.0 Å². The van der Waals surface area contributed by atoms with Crippen LogP contribution in [0.15, 0.2) is 45.7 Å². The number of carbonyl (C=O) groups excluding carboxylic acids is 1. The first-order valence-electron chi connectivity index (χ1n) is 7.34. The van der Waals surface area contributed by atoms with Crippen LogP contribution in [0.5, 0.6) is 5.75 Å². The summed E-state index contributed by atoms with van der Waals surface area (Å²) in [5, 5.41) is 4.65. The van der Waals surface area contributed by atoms with Crippen molar-refractivity contribution >= 4 is 16.9 Å². The summed E-state index contributed by atoms with van der Waals surface area (Å²) >= 11 is 0. The summed E-state index contributed by atoms with van der Waals surface area (Å²) in [5.41, 5.74) is 0.931. The molecule has 0 saturated carbocycles. The Balaban J connectivity index is 2.00. The van der Waals surface area contributed by atoms with Gasteiger partial charge in [-0.2, -0.15) is 5.10 Å². The van der Waals surface area contributed by atoms with E-state index in [4.69, 9.17) is 9.15 Å². The largest absolute Gasteiger partial charge is 0.497 e. The molecule has 0 unspecified atom stereocenters. The van der Waals surface area contributed by atoms with E-state index >= 15 is 0 Å². The van der Waals surface area contributed by atoms with Gasteiger partial charge in [-0.1, -0.05) is 0 Å². The van der Waals surface area contributed by atoms with Crippen LogP contribution in [0.3, 0.4) is 0 Å². The van der Waals surface area contributed by atoms with E-state index in [1.807, 2.05) is 13.1 Å². The predicted molar refractivity (Wildman–Crippen MR) is 88.0 cm³/mol. The standard InChI is InChI=1S/C17H17N3O4/c1-19(10-11-6-7-18-20(11)2)17(22)14-9-16(21)24-15-8-12(23-3)4-5-13(14)15/h4-9H,10H2,1-3H3. The molecule has 124 valence electrons. The quantitative estimate of drug-likeness (QED) is 0.683. The van der Waals surface area contributed by atoms with Gasteiger partial charge in [0.2, 0.25) is 0 Å². The summed E-state index contributed by atoms with van der Waals surface area (Å²) < 4.78 is 12.0. The average molecular weight is 327 g/mol. The minimum Gasteiger partial charge on any atom is -0.497 e. The number of aryl methyl sites for hydroxylation is 1. The first kappa shape index (κ1) is 15.8. The summed E-state index contributed by atoms with van der Waals surface area (Å²) in [7, 11) is 5.02. The predicted octanol–water partition coefficient (Wildman–Crippen LogP) is 1.81. The molecule has 0 aliphatic rings. The molecule has 0 N–H and O–H groups in total. The van der Waals surface area contributed by atoms with Crippen molar-refractivity contribution < 1.29 is 13.9 Å². The van der Waals surface area contributed by atoms with Crippen LogP contribution < -0.4 is 10.4 Å². The number of ether oxygens (including phenoxy) is 1. The van der Waals surface area contributed by atoms with Crippen LogP contribution in [0, 0.1) is 0 Å². The average Bonchev–Trinajstić information content (AvgIpc) is 2.97. The second-order valence-corrected chi connectivity index (χ2v) is 5.45. The lowest BCUT2D eigenvalue weighted by Crippen LogP contribution is -2.28. The summed E-state index contributed by atoms with van der Waals surface area (Å²) in [6, 6.07) is 8.08. The number of fused-ring (bicyclic) bond motifs is 1. The maximum Gasteiger partial charge on any atom is 0.337 e. The third-order valence-electron chi connectivity index (χ3n) is 3.85. The summed E-state index contributed by atoms with van der Waals surface area (Å²) in [5.74, 6) is 0.290. The van der Waals surface area contributed by atoms with E-state index in [9.17, 15) is 9.59 Å². The van der Waals surface area contributed by atoms with Gasteiger partial charge in [-0.25, -0.2) is 4.79 Å². The Hall–Kier alpha value is -3.09. The maximum atomic E-state index is 12.8. The van der Waals surface area contributed by atoms with Crippen molar-refractivity contribution in [3.05, 3.63) is 58.2 Å². The molecule has 0 bridgehead atoms. The smallest absolute Gasteiger partial charge is 0.337 e. The Labute approximate surface area is 138 Å². The number of rotatable bonds is 4. The Morgan fingerprint density at radius 3 is 2.79 bits per heavy atom. The normalized spacial score (nSPS) is 10.8. The number of hydrogen-bond donors (Lipinski definition) is 0. The fraction of sp³-hybridized carbons (Fsp3) is 0.235. The van der Waals surface area contributed by atoms with E-state index in [1.165, 1.54) is 18.1 Å². The van der Waals surface area contributed by atoms with Crippen molar-refractivity contribution in [1.82, 2.24) is 14.7 Å². The number of aromatic nitrogens is 2. The van der Waals surface area contributed by atoms with Crippen LogP contribution in [0.4, 0.5) is 0 Å². The van der Waals surface area contributed by atoms with Crippen LogP contribution in [0.1, 0.15) is 16.1 Å². The van der Waals surface area contributed by atoms with Crippen molar-refractivity contribution in [3.8, 4) is 5.75 Å². The van der Waals surface area contributed by atoms with Crippen LogP contribution in [0.2, 0.25) is 0 Å². The first-order chi connectivity index (χ1) is 11.5. The van der Waals surface area contributed by atoms with E-state index in [0.29, 0.717) is 28.8 Å². The number of benzene rings is 1. The second kappa shape index (κ2) is 6.19. The van der Waals surface area contributed by atoms with Gasteiger partial charge in [0.25, 0.3) is 5.91 Å². The van der Waals surface area contributed by atoms with Gasteiger partial charge in [-0.05, 0) is 18.2 Å². The van der Waals surface area contributed by atoms with Crippen molar-refractivity contribution in [1.29, 1.82) is 0 Å². The molecule has 0 fully saturated rings. The molecular formula is C17H17N3O4. The highest BCUT2D eigenvalue weighted by Crippen LogP contribution is 2.23. The zero-order valence-corrected chi connectivity index (χ0v) is 13.6. The molecular weight excluding hydrogens is 310 g/mol. The molecule has 1 aromatic carbocycles. The number of amides is 1. The van der Waals surface area contributed by atoms with E-state index in [-0.39, 0.29) is 5.91 Å². The summed E-state index contributed by atoms with van der Waals surface area (Å²) in [4.78, 5) is 26.1. The molecule has 0 aliphatic carbocycles. The van der Waals surface area contributed by atoms with E-state index < -0.39 is 5.63 Å². The molecule has 0 spiro atoms. The minimum absolute atomic E-state index is 0.265. The third kappa shape index (κ3) is 2.88. The molecule has 0 aliphatic heterocycles. The van der Waals surface area contributed by atoms with Gasteiger partial charge < -0.3 is 14.1 Å². The molecule has 3 rings (SSSR count). The first-order valence-corrected chi connectivity index (χ1v) is 7.34. The maximum absolute atomic E-state index is 12.8. The Morgan fingerprint density at radius 1 is 1.33 bits per heavy atom. The molecule has 3 aromatic rings. The SMILES string of the molecule is COc1ccc2c(C(=O)N(C)Cc3ccnn3C)cc(=O)oc2c1. The Kier molecular flexibility index (Phi) is 4.07. The van der Waals surface area contributed by atoms with E-state index in [2.05, 4.69) is 5.10 Å². The Bertz CT molecular complexity index is 958. The Morgan fingerprint density at radius 2 is 2.12 bits per heavy atom. The van der Waals surface area contributed by atoms with Gasteiger partial charge in [0.15, 0.2) is 0 Å². The zero-order chi connectivity index (χ0) is 17.3. The highest BCUT2D eigenvalue weighted by Gasteiger charge is 2.18. The van der Waals surface area contributed by atoms with Crippen LogP contribution in [-0.2, 0) is 13.6 Å². The molecule has 7 nitrogen and oxygen atoms in total. The van der Waals surface area contributed by atoms with Crippen molar-refractivity contribution in [2.75, 3.05) is 14.2 Å². The molecule has 7 heteroatoms.